The molecular weight excluding hydrogens is 212 g/mol. The second-order valence-corrected chi connectivity index (χ2v) is 5.07. The molecule has 0 bridgehead atoms. The maximum atomic E-state index is 4.47. The van der Waals surface area contributed by atoms with Gasteiger partial charge in [-0.05, 0) is 40.7 Å². The summed E-state index contributed by atoms with van der Waals surface area (Å²) in [6, 6.07) is 1.33. The molecule has 1 fully saturated rings. The topological polar surface area (TPSA) is 41.1 Å². The van der Waals surface area contributed by atoms with Crippen LogP contribution in [0.25, 0.3) is 0 Å². The Morgan fingerprint density at radius 1 is 1.47 bits per heavy atom. The molecule has 1 unspecified atom stereocenters. The van der Waals surface area contributed by atoms with E-state index >= 15 is 0 Å². The van der Waals surface area contributed by atoms with Gasteiger partial charge >= 0.3 is 0 Å². The summed E-state index contributed by atoms with van der Waals surface area (Å²) in [5.74, 6) is 0.918. The zero-order valence-electron chi connectivity index (χ0n) is 11.2. The lowest BCUT2D eigenvalue weighted by Gasteiger charge is -2.25. The maximum absolute atomic E-state index is 4.47. The average molecular weight is 234 g/mol. The van der Waals surface area contributed by atoms with E-state index in [0.717, 1.165) is 29.8 Å². The molecule has 1 aliphatic rings. The number of nitrogens with zero attached hydrogens (tertiary/aromatic N) is 3. The highest BCUT2D eigenvalue weighted by molar-refractivity contribution is 5.39. The van der Waals surface area contributed by atoms with Gasteiger partial charge in [-0.15, -0.1) is 0 Å². The molecule has 0 amide bonds. The van der Waals surface area contributed by atoms with Gasteiger partial charge in [0.15, 0.2) is 0 Å². The summed E-state index contributed by atoms with van der Waals surface area (Å²) in [6.07, 6.45) is 4.51. The van der Waals surface area contributed by atoms with Gasteiger partial charge in [-0.3, -0.25) is 9.88 Å². The number of hydrogen-bond acceptors (Lipinski definition) is 4. The Hall–Kier alpha value is -1.16. The lowest BCUT2D eigenvalue weighted by Crippen LogP contribution is -2.36. The molecule has 1 saturated carbocycles. The number of anilines is 1. The normalized spacial score (nSPS) is 17.2. The highest BCUT2D eigenvalue weighted by Gasteiger charge is 2.28. The van der Waals surface area contributed by atoms with Crippen LogP contribution in [0.1, 0.15) is 31.2 Å². The van der Waals surface area contributed by atoms with E-state index in [0.29, 0.717) is 6.04 Å². The zero-order valence-corrected chi connectivity index (χ0v) is 11.2. The van der Waals surface area contributed by atoms with Crippen LogP contribution in [0.15, 0.2) is 6.20 Å². The number of nitrogens with one attached hydrogen (secondary N) is 1. The van der Waals surface area contributed by atoms with E-state index in [4.69, 9.17) is 0 Å². The summed E-state index contributed by atoms with van der Waals surface area (Å²) in [4.78, 5) is 11.2. The number of aryl methyl sites for hydroxylation is 2. The molecule has 1 aliphatic carbocycles. The second kappa shape index (κ2) is 5.00. The van der Waals surface area contributed by atoms with Crippen LogP contribution in [0.4, 0.5) is 5.82 Å². The molecule has 1 atom stereocenters. The second-order valence-electron chi connectivity index (χ2n) is 5.07. The molecular formula is C13H22N4. The van der Waals surface area contributed by atoms with Gasteiger partial charge in [0.1, 0.15) is 5.82 Å². The van der Waals surface area contributed by atoms with Crippen LogP contribution < -0.4 is 5.32 Å². The van der Waals surface area contributed by atoms with Crippen LogP contribution >= 0.6 is 0 Å². The first-order chi connectivity index (χ1) is 8.08. The third kappa shape index (κ3) is 3.16. The van der Waals surface area contributed by atoms with Crippen molar-refractivity contribution in [3.63, 3.8) is 0 Å². The van der Waals surface area contributed by atoms with Crippen LogP contribution in [0.5, 0.6) is 0 Å². The molecule has 1 heterocycles. The molecule has 0 spiro atoms. The quantitative estimate of drug-likeness (QED) is 0.846. The third-order valence-electron chi connectivity index (χ3n) is 3.46. The molecule has 0 radical (unpaired) electrons. The van der Waals surface area contributed by atoms with E-state index in [1.54, 1.807) is 6.20 Å². The summed E-state index contributed by atoms with van der Waals surface area (Å²) >= 11 is 0. The van der Waals surface area contributed by atoms with E-state index in [2.05, 4.69) is 34.2 Å². The monoisotopic (exact) mass is 234 g/mol. The molecule has 1 aromatic rings. The fourth-order valence-electron chi connectivity index (χ4n) is 1.94. The Morgan fingerprint density at radius 3 is 2.82 bits per heavy atom. The summed E-state index contributed by atoms with van der Waals surface area (Å²) in [5.41, 5.74) is 1.93. The Kier molecular flexibility index (Phi) is 3.62. The van der Waals surface area contributed by atoms with Crippen molar-refractivity contribution in [1.29, 1.82) is 0 Å². The molecule has 17 heavy (non-hydrogen) atoms. The molecule has 1 aromatic heterocycles. The fraction of sp³-hybridized carbons (Fsp3) is 0.692. The van der Waals surface area contributed by atoms with Crippen LogP contribution in [-0.4, -0.2) is 40.5 Å². The van der Waals surface area contributed by atoms with E-state index in [-0.39, 0.29) is 0 Å². The van der Waals surface area contributed by atoms with Crippen molar-refractivity contribution >= 4 is 5.82 Å². The van der Waals surface area contributed by atoms with Crippen molar-refractivity contribution in [1.82, 2.24) is 14.9 Å². The molecule has 0 aliphatic heterocycles. The van der Waals surface area contributed by atoms with Gasteiger partial charge in [-0.2, -0.15) is 0 Å². The van der Waals surface area contributed by atoms with Gasteiger partial charge in [-0.25, -0.2) is 4.98 Å². The van der Waals surface area contributed by atoms with Crippen LogP contribution in [-0.2, 0) is 0 Å². The third-order valence-corrected chi connectivity index (χ3v) is 3.46. The Morgan fingerprint density at radius 2 is 2.18 bits per heavy atom. The van der Waals surface area contributed by atoms with Gasteiger partial charge in [-0.1, -0.05) is 0 Å². The molecule has 94 valence electrons. The summed E-state index contributed by atoms with van der Waals surface area (Å²) < 4.78 is 0. The van der Waals surface area contributed by atoms with Gasteiger partial charge in [0.25, 0.3) is 0 Å². The van der Waals surface area contributed by atoms with Crippen molar-refractivity contribution in [2.24, 2.45) is 0 Å². The first kappa shape index (κ1) is 12.3. The van der Waals surface area contributed by atoms with E-state index in [9.17, 15) is 0 Å². The number of rotatable bonds is 5. The number of aromatic nitrogens is 2. The maximum Gasteiger partial charge on any atom is 0.147 e. The first-order valence-corrected chi connectivity index (χ1v) is 6.34. The highest BCUT2D eigenvalue weighted by atomic mass is 15.2. The Bertz CT molecular complexity index is 387. The predicted molar refractivity (Wildman–Crippen MR) is 70.2 cm³/mol. The van der Waals surface area contributed by atoms with Gasteiger partial charge in [0.2, 0.25) is 0 Å². The highest BCUT2D eigenvalue weighted by Crippen LogP contribution is 2.26. The fourth-order valence-corrected chi connectivity index (χ4v) is 1.94. The van der Waals surface area contributed by atoms with Crippen molar-refractivity contribution in [3.05, 3.63) is 17.6 Å². The Balaban J connectivity index is 1.90. The van der Waals surface area contributed by atoms with Crippen LogP contribution in [0, 0.1) is 13.8 Å². The molecule has 2 rings (SSSR count). The van der Waals surface area contributed by atoms with Crippen molar-refractivity contribution in [2.45, 2.75) is 45.7 Å². The smallest absolute Gasteiger partial charge is 0.147 e. The lowest BCUT2D eigenvalue weighted by molar-refractivity contribution is 0.257. The standard InChI is InChI=1S/C13H22N4/c1-9-7-14-11(3)13(16-9)15-8-10(2)17(4)12-5-6-12/h7,10,12H,5-6,8H2,1-4H3,(H,15,16). The van der Waals surface area contributed by atoms with E-state index in [1.165, 1.54) is 12.8 Å². The molecule has 1 N–H and O–H groups in total. The van der Waals surface area contributed by atoms with E-state index in [1.807, 2.05) is 13.8 Å². The summed E-state index contributed by atoms with van der Waals surface area (Å²) in [7, 11) is 2.21. The minimum atomic E-state index is 0.532. The van der Waals surface area contributed by atoms with Gasteiger partial charge in [0.05, 0.1) is 11.4 Å². The lowest BCUT2D eigenvalue weighted by atomic mass is 10.3. The number of likely N-dealkylation sites (N-methyl/N-ethyl adjacent to an activating group) is 1. The van der Waals surface area contributed by atoms with Crippen molar-refractivity contribution in [2.75, 3.05) is 18.9 Å². The average Bonchev–Trinajstić information content (AvgIpc) is 3.13. The van der Waals surface area contributed by atoms with Crippen molar-refractivity contribution < 1.29 is 0 Å². The van der Waals surface area contributed by atoms with Gasteiger partial charge in [0, 0.05) is 24.8 Å². The zero-order chi connectivity index (χ0) is 12.4. The number of hydrogen-bond donors (Lipinski definition) is 1. The summed E-state index contributed by atoms with van der Waals surface area (Å²) in [5, 5.41) is 3.40. The van der Waals surface area contributed by atoms with E-state index < -0.39 is 0 Å². The minimum absolute atomic E-state index is 0.532. The SMILES string of the molecule is Cc1cnc(C)c(NCC(C)N(C)C2CC2)n1. The molecule has 0 saturated heterocycles. The van der Waals surface area contributed by atoms with Crippen LogP contribution in [0.3, 0.4) is 0 Å². The van der Waals surface area contributed by atoms with Crippen molar-refractivity contribution in [3.8, 4) is 0 Å². The molecule has 0 aromatic carbocycles. The largest absolute Gasteiger partial charge is 0.367 e. The first-order valence-electron chi connectivity index (χ1n) is 6.34. The van der Waals surface area contributed by atoms with Gasteiger partial charge < -0.3 is 5.32 Å². The van der Waals surface area contributed by atoms with Crippen LogP contribution in [0.2, 0.25) is 0 Å². The molecule has 4 nitrogen and oxygen atoms in total. The summed E-state index contributed by atoms with van der Waals surface area (Å²) in [6.45, 7) is 7.14. The minimum Gasteiger partial charge on any atom is -0.367 e. The Labute approximate surface area is 103 Å². The predicted octanol–water partition coefficient (Wildman–Crippen LogP) is 1.99. The molecule has 4 heteroatoms.